The van der Waals surface area contributed by atoms with E-state index in [1.807, 2.05) is 30.3 Å². The van der Waals surface area contributed by atoms with Gasteiger partial charge in [0.15, 0.2) is 18.1 Å². The number of para-hydroxylation sites is 2. The van der Waals surface area contributed by atoms with Gasteiger partial charge in [-0.1, -0.05) is 18.2 Å². The van der Waals surface area contributed by atoms with Crippen LogP contribution in [0.25, 0.3) is 0 Å². The van der Waals surface area contributed by atoms with Crippen LogP contribution in [0, 0.1) is 0 Å². The third-order valence-corrected chi connectivity index (χ3v) is 4.85. The van der Waals surface area contributed by atoms with Crippen LogP contribution in [0.15, 0.2) is 67.0 Å². The summed E-state index contributed by atoms with van der Waals surface area (Å²) in [6.07, 6.45) is 3.96. The molecule has 0 unspecified atom stereocenters. The van der Waals surface area contributed by atoms with E-state index in [-0.39, 0.29) is 18.4 Å². The highest BCUT2D eigenvalue weighted by atomic mass is 16.5. The molecule has 7 nitrogen and oxygen atoms in total. The lowest BCUT2D eigenvalue weighted by molar-refractivity contribution is -0.118. The Morgan fingerprint density at radius 1 is 1.10 bits per heavy atom. The van der Waals surface area contributed by atoms with Gasteiger partial charge in [-0.3, -0.25) is 14.6 Å². The van der Waals surface area contributed by atoms with Crippen molar-refractivity contribution in [3.8, 4) is 11.5 Å². The Morgan fingerprint density at radius 2 is 1.93 bits per heavy atom. The molecule has 0 radical (unpaired) electrons. The monoisotopic (exact) mass is 403 g/mol. The van der Waals surface area contributed by atoms with Crippen molar-refractivity contribution in [2.45, 2.75) is 6.42 Å². The van der Waals surface area contributed by atoms with Gasteiger partial charge >= 0.3 is 0 Å². The lowest BCUT2D eigenvalue weighted by Crippen LogP contribution is -2.29. The summed E-state index contributed by atoms with van der Waals surface area (Å²) in [5.41, 5.74) is 3.00. The molecule has 7 heteroatoms. The molecule has 0 bridgehead atoms. The molecule has 1 aliphatic heterocycles. The van der Waals surface area contributed by atoms with Crippen LogP contribution in [-0.2, 0) is 11.2 Å². The van der Waals surface area contributed by atoms with Gasteiger partial charge in [0.1, 0.15) is 0 Å². The van der Waals surface area contributed by atoms with Gasteiger partial charge in [0.25, 0.3) is 11.8 Å². The summed E-state index contributed by atoms with van der Waals surface area (Å²) in [6, 6.07) is 16.2. The van der Waals surface area contributed by atoms with Crippen molar-refractivity contribution in [2.24, 2.45) is 0 Å². The second-order valence-corrected chi connectivity index (χ2v) is 6.78. The Kier molecular flexibility index (Phi) is 5.61. The van der Waals surface area contributed by atoms with Crippen molar-refractivity contribution < 1.29 is 19.1 Å². The molecule has 0 fully saturated rings. The second kappa shape index (κ2) is 8.65. The highest BCUT2D eigenvalue weighted by molar-refractivity contribution is 6.07. The van der Waals surface area contributed by atoms with Gasteiger partial charge in [-0.25, -0.2) is 0 Å². The number of carbonyl (C=O) groups excluding carboxylic acids is 2. The number of amides is 2. The summed E-state index contributed by atoms with van der Waals surface area (Å²) in [5, 5.41) is 2.82. The summed E-state index contributed by atoms with van der Waals surface area (Å²) in [7, 11) is 1.55. The summed E-state index contributed by atoms with van der Waals surface area (Å²) in [5.74, 6) is 0.651. The molecule has 1 aromatic heterocycles. The van der Waals surface area contributed by atoms with E-state index in [0.717, 1.165) is 17.7 Å². The molecule has 0 aliphatic carbocycles. The Balaban J connectivity index is 1.44. The van der Waals surface area contributed by atoms with E-state index in [1.54, 1.807) is 48.7 Å². The van der Waals surface area contributed by atoms with Crippen molar-refractivity contribution in [2.75, 3.05) is 30.5 Å². The Hall–Kier alpha value is -3.87. The molecule has 152 valence electrons. The number of carbonyl (C=O) groups is 2. The number of nitrogens with zero attached hydrogens (tertiary/aromatic N) is 2. The fraction of sp³-hybridized carbons (Fsp3) is 0.174. The quantitative estimate of drug-likeness (QED) is 0.683. The minimum absolute atomic E-state index is 0.107. The Bertz CT molecular complexity index is 1070. The number of nitrogens with one attached hydrogen (secondary N) is 1. The van der Waals surface area contributed by atoms with Crippen LogP contribution in [0.5, 0.6) is 11.5 Å². The summed E-state index contributed by atoms with van der Waals surface area (Å²) >= 11 is 0. The second-order valence-electron chi connectivity index (χ2n) is 6.78. The maximum atomic E-state index is 12.8. The Morgan fingerprint density at radius 3 is 2.70 bits per heavy atom. The molecular weight excluding hydrogens is 382 g/mol. The average molecular weight is 403 g/mol. The maximum Gasteiger partial charge on any atom is 0.262 e. The summed E-state index contributed by atoms with van der Waals surface area (Å²) in [4.78, 5) is 30.9. The van der Waals surface area contributed by atoms with E-state index >= 15 is 0 Å². The predicted molar refractivity (Wildman–Crippen MR) is 113 cm³/mol. The largest absolute Gasteiger partial charge is 0.493 e. The fourth-order valence-electron chi connectivity index (χ4n) is 3.39. The SMILES string of the molecule is COc1ccccc1OCC(=O)Nc1ccc2c(c1)N(C(=O)c1cccnc1)CC2. The average Bonchev–Trinajstić information content (AvgIpc) is 3.21. The van der Waals surface area contributed by atoms with E-state index in [2.05, 4.69) is 10.3 Å². The van der Waals surface area contributed by atoms with Crippen LogP contribution in [-0.4, -0.2) is 37.1 Å². The first-order valence-electron chi connectivity index (χ1n) is 9.56. The van der Waals surface area contributed by atoms with Crippen LogP contribution < -0.4 is 19.7 Å². The maximum absolute atomic E-state index is 12.8. The molecule has 0 saturated carbocycles. The van der Waals surface area contributed by atoms with E-state index < -0.39 is 0 Å². The fourth-order valence-corrected chi connectivity index (χ4v) is 3.39. The van der Waals surface area contributed by atoms with Crippen LogP contribution in [0.3, 0.4) is 0 Å². The molecule has 1 N–H and O–H groups in total. The van der Waals surface area contributed by atoms with Gasteiger partial charge in [0.2, 0.25) is 0 Å². The molecule has 1 aliphatic rings. The number of aromatic nitrogens is 1. The van der Waals surface area contributed by atoms with Gasteiger partial charge in [-0.15, -0.1) is 0 Å². The molecule has 2 amide bonds. The number of anilines is 2. The molecule has 4 rings (SSSR count). The highest BCUT2D eigenvalue weighted by Crippen LogP contribution is 2.32. The number of pyridine rings is 1. The Labute approximate surface area is 174 Å². The predicted octanol–water partition coefficient (Wildman–Crippen LogP) is 3.31. The molecule has 30 heavy (non-hydrogen) atoms. The summed E-state index contributed by atoms with van der Waals surface area (Å²) < 4.78 is 10.8. The lowest BCUT2D eigenvalue weighted by Gasteiger charge is -2.18. The van der Waals surface area contributed by atoms with Gasteiger partial charge in [-0.05, 0) is 48.4 Å². The number of hydrogen-bond donors (Lipinski definition) is 1. The van der Waals surface area contributed by atoms with Gasteiger partial charge < -0.3 is 19.7 Å². The smallest absolute Gasteiger partial charge is 0.262 e. The van der Waals surface area contributed by atoms with E-state index in [1.165, 1.54) is 0 Å². The third-order valence-electron chi connectivity index (χ3n) is 4.85. The molecule has 0 atom stereocenters. The van der Waals surface area contributed by atoms with Crippen LogP contribution in [0.1, 0.15) is 15.9 Å². The van der Waals surface area contributed by atoms with Crippen molar-refractivity contribution in [3.63, 3.8) is 0 Å². The van der Waals surface area contributed by atoms with Crippen LogP contribution in [0.2, 0.25) is 0 Å². The zero-order valence-electron chi connectivity index (χ0n) is 16.5. The number of hydrogen-bond acceptors (Lipinski definition) is 5. The number of benzene rings is 2. The van der Waals surface area contributed by atoms with Crippen molar-refractivity contribution in [1.82, 2.24) is 4.98 Å². The first kappa shape index (κ1) is 19.4. The van der Waals surface area contributed by atoms with Crippen molar-refractivity contribution >= 4 is 23.2 Å². The van der Waals surface area contributed by atoms with Gasteiger partial charge in [0.05, 0.1) is 12.7 Å². The number of methoxy groups -OCH3 is 1. The highest BCUT2D eigenvalue weighted by Gasteiger charge is 2.26. The zero-order valence-corrected chi connectivity index (χ0v) is 16.5. The first-order valence-corrected chi connectivity index (χ1v) is 9.56. The number of fused-ring (bicyclic) bond motifs is 1. The van der Waals surface area contributed by atoms with Gasteiger partial charge in [0, 0.05) is 30.3 Å². The van der Waals surface area contributed by atoms with E-state index in [0.29, 0.717) is 29.3 Å². The van der Waals surface area contributed by atoms with Crippen molar-refractivity contribution in [1.29, 1.82) is 0 Å². The number of ether oxygens (including phenoxy) is 2. The zero-order chi connectivity index (χ0) is 20.9. The standard InChI is InChI=1S/C23H21N3O4/c1-29-20-6-2-3-7-21(20)30-15-22(27)25-18-9-8-16-10-12-26(19(16)13-18)23(28)17-5-4-11-24-14-17/h2-9,11,13-14H,10,12,15H2,1H3,(H,25,27). The molecule has 0 saturated heterocycles. The lowest BCUT2D eigenvalue weighted by atomic mass is 10.1. The van der Waals surface area contributed by atoms with E-state index in [9.17, 15) is 9.59 Å². The van der Waals surface area contributed by atoms with Crippen LogP contribution in [0.4, 0.5) is 11.4 Å². The topological polar surface area (TPSA) is 80.8 Å². The normalized spacial score (nSPS) is 12.2. The molecule has 2 heterocycles. The number of rotatable bonds is 6. The van der Waals surface area contributed by atoms with E-state index in [4.69, 9.17) is 9.47 Å². The molecule has 3 aromatic rings. The minimum atomic E-state index is -0.302. The summed E-state index contributed by atoms with van der Waals surface area (Å²) in [6.45, 7) is 0.438. The first-order chi connectivity index (χ1) is 14.7. The third kappa shape index (κ3) is 4.10. The molecule has 2 aromatic carbocycles. The van der Waals surface area contributed by atoms with Gasteiger partial charge in [-0.2, -0.15) is 0 Å². The van der Waals surface area contributed by atoms with Crippen LogP contribution >= 0.6 is 0 Å². The van der Waals surface area contributed by atoms with Crippen molar-refractivity contribution in [3.05, 3.63) is 78.1 Å². The molecular formula is C23H21N3O4. The molecule has 0 spiro atoms. The minimum Gasteiger partial charge on any atom is -0.493 e.